The minimum atomic E-state index is -1.05. The van der Waals surface area contributed by atoms with Gasteiger partial charge in [-0.2, -0.15) is 0 Å². The number of carbonyl (C=O) groups is 1. The molecule has 0 radical (unpaired) electrons. The zero-order valence-corrected chi connectivity index (χ0v) is 11.8. The van der Waals surface area contributed by atoms with E-state index in [1.54, 1.807) is 31.4 Å². The lowest BCUT2D eigenvalue weighted by Gasteiger charge is -2.13. The van der Waals surface area contributed by atoms with Gasteiger partial charge < -0.3 is 9.84 Å². The Morgan fingerprint density at radius 2 is 2.00 bits per heavy atom. The van der Waals surface area contributed by atoms with Crippen molar-refractivity contribution in [3.05, 3.63) is 53.3 Å². The molecule has 1 N–H and O–H groups in total. The third-order valence-corrected chi connectivity index (χ3v) is 3.56. The molecule has 0 aliphatic heterocycles. The Morgan fingerprint density at radius 3 is 2.60 bits per heavy atom. The standard InChI is InChI=1S/C15H13FO3S/c1-9-8-10(16)6-7-11(9)19-12-4-3-5-13(20-2)14(12)15(17)18/h3-8H,1-2H3,(H,17,18). The number of benzene rings is 2. The Kier molecular flexibility index (Phi) is 4.29. The zero-order valence-electron chi connectivity index (χ0n) is 11.0. The van der Waals surface area contributed by atoms with Gasteiger partial charge in [0.2, 0.25) is 0 Å². The zero-order chi connectivity index (χ0) is 14.7. The van der Waals surface area contributed by atoms with E-state index in [1.807, 2.05) is 0 Å². The van der Waals surface area contributed by atoms with Gasteiger partial charge in [0.1, 0.15) is 22.9 Å². The van der Waals surface area contributed by atoms with Crippen molar-refractivity contribution >= 4 is 17.7 Å². The maximum absolute atomic E-state index is 13.1. The maximum Gasteiger partial charge on any atom is 0.340 e. The normalized spacial score (nSPS) is 10.3. The van der Waals surface area contributed by atoms with Gasteiger partial charge in [-0.15, -0.1) is 11.8 Å². The highest BCUT2D eigenvalue weighted by molar-refractivity contribution is 7.98. The van der Waals surface area contributed by atoms with Gasteiger partial charge in [-0.1, -0.05) is 6.07 Å². The minimum Gasteiger partial charge on any atom is -0.478 e. The molecule has 0 aromatic heterocycles. The molecule has 20 heavy (non-hydrogen) atoms. The second-order valence-electron chi connectivity index (χ2n) is 4.15. The fraction of sp³-hybridized carbons (Fsp3) is 0.133. The van der Waals surface area contributed by atoms with Crippen LogP contribution < -0.4 is 4.74 Å². The summed E-state index contributed by atoms with van der Waals surface area (Å²) < 4.78 is 18.7. The molecular weight excluding hydrogens is 279 g/mol. The van der Waals surface area contributed by atoms with Crippen molar-refractivity contribution in [3.63, 3.8) is 0 Å². The molecule has 0 saturated carbocycles. The number of rotatable bonds is 4. The summed E-state index contributed by atoms with van der Waals surface area (Å²) in [6.45, 7) is 1.71. The Bertz CT molecular complexity index is 656. The molecular formula is C15H13FO3S. The van der Waals surface area contributed by atoms with Crippen LogP contribution in [0.4, 0.5) is 4.39 Å². The molecule has 0 bridgehead atoms. The van der Waals surface area contributed by atoms with Gasteiger partial charge in [-0.3, -0.25) is 0 Å². The van der Waals surface area contributed by atoms with Crippen LogP contribution in [0.25, 0.3) is 0 Å². The highest BCUT2D eigenvalue weighted by atomic mass is 32.2. The van der Waals surface area contributed by atoms with Crippen LogP contribution in [0, 0.1) is 12.7 Å². The van der Waals surface area contributed by atoms with E-state index in [0.717, 1.165) is 0 Å². The molecule has 0 unspecified atom stereocenters. The Labute approximate surface area is 120 Å². The highest BCUT2D eigenvalue weighted by Gasteiger charge is 2.17. The van der Waals surface area contributed by atoms with Crippen LogP contribution in [-0.2, 0) is 0 Å². The quantitative estimate of drug-likeness (QED) is 0.851. The van der Waals surface area contributed by atoms with Gasteiger partial charge in [-0.05, 0) is 49.1 Å². The number of thioether (sulfide) groups is 1. The molecule has 2 aromatic rings. The first-order valence-electron chi connectivity index (χ1n) is 5.87. The van der Waals surface area contributed by atoms with E-state index in [4.69, 9.17) is 4.74 Å². The van der Waals surface area contributed by atoms with Crippen molar-refractivity contribution in [3.8, 4) is 11.5 Å². The van der Waals surface area contributed by atoms with Crippen LogP contribution in [-0.4, -0.2) is 17.3 Å². The third-order valence-electron chi connectivity index (χ3n) is 2.78. The van der Waals surface area contributed by atoms with Gasteiger partial charge in [0.25, 0.3) is 0 Å². The molecule has 0 aliphatic rings. The molecule has 0 atom stereocenters. The number of halogens is 1. The summed E-state index contributed by atoms with van der Waals surface area (Å²) in [5.74, 6) is -0.720. The molecule has 104 valence electrons. The molecule has 0 saturated heterocycles. The van der Waals surface area contributed by atoms with Gasteiger partial charge in [0, 0.05) is 4.90 Å². The average Bonchev–Trinajstić information content (AvgIpc) is 2.41. The Balaban J connectivity index is 2.45. The first-order chi connectivity index (χ1) is 9.52. The second-order valence-corrected chi connectivity index (χ2v) is 5.00. The number of carboxylic acid groups (broad SMARTS) is 1. The number of ether oxygens (including phenoxy) is 1. The lowest BCUT2D eigenvalue weighted by atomic mass is 10.2. The lowest BCUT2D eigenvalue weighted by molar-refractivity contribution is 0.0690. The van der Waals surface area contributed by atoms with E-state index in [1.165, 1.54) is 30.0 Å². The summed E-state index contributed by atoms with van der Waals surface area (Å²) in [5, 5.41) is 9.32. The second kappa shape index (κ2) is 5.96. The first kappa shape index (κ1) is 14.4. The molecule has 2 rings (SSSR count). The molecule has 5 heteroatoms. The van der Waals surface area contributed by atoms with Gasteiger partial charge >= 0.3 is 5.97 Å². The van der Waals surface area contributed by atoms with Crippen molar-refractivity contribution in [2.24, 2.45) is 0 Å². The van der Waals surface area contributed by atoms with E-state index >= 15 is 0 Å². The maximum atomic E-state index is 13.1. The van der Waals surface area contributed by atoms with Gasteiger partial charge in [0.05, 0.1) is 0 Å². The number of aryl methyl sites for hydroxylation is 1. The van der Waals surface area contributed by atoms with Crippen LogP contribution >= 0.6 is 11.8 Å². The van der Waals surface area contributed by atoms with E-state index in [2.05, 4.69) is 0 Å². The fourth-order valence-electron chi connectivity index (χ4n) is 1.82. The summed E-state index contributed by atoms with van der Waals surface area (Å²) in [7, 11) is 0. The van der Waals surface area contributed by atoms with Crippen LogP contribution in [0.15, 0.2) is 41.3 Å². The van der Waals surface area contributed by atoms with E-state index < -0.39 is 5.97 Å². The highest BCUT2D eigenvalue weighted by Crippen LogP contribution is 2.33. The van der Waals surface area contributed by atoms with Crippen LogP contribution in [0.3, 0.4) is 0 Å². The topological polar surface area (TPSA) is 46.5 Å². The summed E-state index contributed by atoms with van der Waals surface area (Å²) in [5.41, 5.74) is 0.722. The van der Waals surface area contributed by atoms with Crippen molar-refractivity contribution in [2.45, 2.75) is 11.8 Å². The summed E-state index contributed by atoms with van der Waals surface area (Å²) in [4.78, 5) is 12.0. The van der Waals surface area contributed by atoms with Crippen molar-refractivity contribution in [2.75, 3.05) is 6.26 Å². The predicted molar refractivity (Wildman–Crippen MR) is 76.4 cm³/mol. The number of hydrogen-bond acceptors (Lipinski definition) is 3. The molecule has 0 spiro atoms. The molecule has 0 aliphatic carbocycles. The predicted octanol–water partition coefficient (Wildman–Crippen LogP) is 4.35. The Morgan fingerprint density at radius 1 is 1.25 bits per heavy atom. The summed E-state index contributed by atoms with van der Waals surface area (Å²) >= 11 is 1.33. The first-order valence-corrected chi connectivity index (χ1v) is 7.09. The van der Waals surface area contributed by atoms with E-state index in [0.29, 0.717) is 16.2 Å². The van der Waals surface area contributed by atoms with Crippen molar-refractivity contribution in [1.82, 2.24) is 0 Å². The van der Waals surface area contributed by atoms with E-state index in [9.17, 15) is 14.3 Å². The average molecular weight is 292 g/mol. The SMILES string of the molecule is CSc1cccc(Oc2ccc(F)cc2C)c1C(=O)O. The monoisotopic (exact) mass is 292 g/mol. The van der Waals surface area contributed by atoms with Gasteiger partial charge in [0.15, 0.2) is 0 Å². The van der Waals surface area contributed by atoms with E-state index in [-0.39, 0.29) is 17.1 Å². The van der Waals surface area contributed by atoms with Crippen LogP contribution in [0.5, 0.6) is 11.5 Å². The van der Waals surface area contributed by atoms with Crippen LogP contribution in [0.2, 0.25) is 0 Å². The number of carboxylic acids is 1. The smallest absolute Gasteiger partial charge is 0.340 e. The summed E-state index contributed by atoms with van der Waals surface area (Å²) in [6, 6.07) is 9.15. The number of aromatic carboxylic acids is 1. The Hall–Kier alpha value is -2.01. The fourth-order valence-corrected chi connectivity index (χ4v) is 2.43. The van der Waals surface area contributed by atoms with Crippen molar-refractivity contribution in [1.29, 1.82) is 0 Å². The molecule has 3 nitrogen and oxygen atoms in total. The van der Waals surface area contributed by atoms with Crippen LogP contribution in [0.1, 0.15) is 15.9 Å². The number of hydrogen-bond donors (Lipinski definition) is 1. The lowest BCUT2D eigenvalue weighted by Crippen LogP contribution is -2.02. The molecule has 0 amide bonds. The minimum absolute atomic E-state index is 0.115. The molecule has 2 aromatic carbocycles. The molecule has 0 heterocycles. The van der Waals surface area contributed by atoms with Crippen molar-refractivity contribution < 1.29 is 19.0 Å². The van der Waals surface area contributed by atoms with Gasteiger partial charge in [-0.25, -0.2) is 9.18 Å². The molecule has 0 fully saturated rings. The summed E-state index contributed by atoms with van der Waals surface area (Å²) in [6.07, 6.45) is 1.80. The largest absolute Gasteiger partial charge is 0.478 e. The third kappa shape index (κ3) is 2.93.